The molecule has 0 aliphatic carbocycles. The zero-order chi connectivity index (χ0) is 20.2. The van der Waals surface area contributed by atoms with Crippen molar-refractivity contribution >= 4 is 56.1 Å². The van der Waals surface area contributed by atoms with E-state index in [1.807, 2.05) is 78.9 Å². The number of para-hydroxylation sites is 1. The van der Waals surface area contributed by atoms with Gasteiger partial charge >= 0.3 is 7.12 Å². The Kier molecular flexibility index (Phi) is 3.72. The number of fused-ring (bicyclic) bond motifs is 5. The van der Waals surface area contributed by atoms with Gasteiger partial charge in [0.05, 0.1) is 0 Å². The van der Waals surface area contributed by atoms with Crippen LogP contribution >= 0.6 is 0 Å². The van der Waals surface area contributed by atoms with Gasteiger partial charge in [-0.15, -0.1) is 0 Å². The van der Waals surface area contributed by atoms with Gasteiger partial charge in [0.25, 0.3) is 0 Å². The van der Waals surface area contributed by atoms with Crippen molar-refractivity contribution in [2.24, 2.45) is 0 Å². The highest BCUT2D eigenvalue weighted by molar-refractivity contribution is 6.66. The van der Waals surface area contributed by atoms with Crippen LogP contribution in [0.25, 0.3) is 54.6 Å². The van der Waals surface area contributed by atoms with Crippen LogP contribution in [0.1, 0.15) is 0 Å². The third-order valence-electron chi connectivity index (χ3n) is 5.90. The molecule has 0 radical (unpaired) electrons. The average molecular weight is 388 g/mol. The van der Waals surface area contributed by atoms with Crippen molar-refractivity contribution in [1.29, 1.82) is 0 Å². The molecular formula is C26H17BO3. The van der Waals surface area contributed by atoms with E-state index >= 15 is 0 Å². The molecule has 0 unspecified atom stereocenters. The van der Waals surface area contributed by atoms with Gasteiger partial charge < -0.3 is 14.5 Å². The smallest absolute Gasteiger partial charge is 0.456 e. The van der Waals surface area contributed by atoms with E-state index in [-0.39, 0.29) is 0 Å². The quantitative estimate of drug-likeness (QED) is 0.315. The normalized spacial score (nSPS) is 11.7. The first-order chi connectivity index (χ1) is 14.7. The Morgan fingerprint density at radius 1 is 0.533 bits per heavy atom. The molecule has 0 bridgehead atoms. The van der Waals surface area contributed by atoms with Gasteiger partial charge in [-0.05, 0) is 50.3 Å². The molecule has 0 saturated heterocycles. The summed E-state index contributed by atoms with van der Waals surface area (Å²) in [4.78, 5) is 0. The molecular weight excluding hydrogens is 371 g/mol. The maximum atomic E-state index is 10.2. The lowest BCUT2D eigenvalue weighted by Crippen LogP contribution is -2.31. The third kappa shape index (κ3) is 2.35. The Labute approximate surface area is 172 Å². The minimum atomic E-state index is -1.56. The van der Waals surface area contributed by atoms with Crippen LogP contribution in [0.4, 0.5) is 0 Å². The fourth-order valence-electron chi connectivity index (χ4n) is 4.71. The van der Waals surface area contributed by atoms with Gasteiger partial charge in [-0.25, -0.2) is 0 Å². The van der Waals surface area contributed by atoms with Crippen molar-refractivity contribution in [2.75, 3.05) is 0 Å². The first-order valence-electron chi connectivity index (χ1n) is 9.94. The molecule has 3 nitrogen and oxygen atoms in total. The molecule has 5 aromatic carbocycles. The molecule has 142 valence electrons. The molecule has 6 rings (SSSR count). The second kappa shape index (κ2) is 6.46. The summed E-state index contributed by atoms with van der Waals surface area (Å²) in [6, 6.07) is 30.0. The Morgan fingerprint density at radius 2 is 1.07 bits per heavy atom. The Balaban J connectivity index is 1.88. The molecule has 0 aliphatic heterocycles. The lowest BCUT2D eigenvalue weighted by atomic mass is 9.72. The Bertz CT molecular complexity index is 1520. The predicted molar refractivity (Wildman–Crippen MR) is 124 cm³/mol. The molecule has 0 amide bonds. The molecule has 0 saturated carbocycles. The van der Waals surface area contributed by atoms with Crippen LogP contribution in [0.3, 0.4) is 0 Å². The van der Waals surface area contributed by atoms with Crippen molar-refractivity contribution in [3.05, 3.63) is 91.0 Å². The number of rotatable bonds is 2. The highest BCUT2D eigenvalue weighted by Gasteiger charge is 2.23. The van der Waals surface area contributed by atoms with Crippen molar-refractivity contribution in [2.45, 2.75) is 0 Å². The van der Waals surface area contributed by atoms with E-state index in [0.717, 1.165) is 54.6 Å². The molecule has 4 heteroatoms. The molecule has 30 heavy (non-hydrogen) atoms. The lowest BCUT2D eigenvalue weighted by molar-refractivity contribution is 0.426. The standard InChI is InChI=1S/C26H17BO3/c28-27(29)26-18-10-3-1-8-16(18)24(17-9-2-4-11-19(17)26)21-13-7-15-23-25(21)20-12-5-6-14-22(20)30-23/h1-15,28-29H. The largest absolute Gasteiger partial charge is 0.489 e. The van der Waals surface area contributed by atoms with E-state index in [2.05, 4.69) is 12.1 Å². The zero-order valence-electron chi connectivity index (χ0n) is 16.0. The first-order valence-corrected chi connectivity index (χ1v) is 9.94. The monoisotopic (exact) mass is 388 g/mol. The number of hydrogen-bond acceptors (Lipinski definition) is 3. The second-order valence-electron chi connectivity index (χ2n) is 7.53. The van der Waals surface area contributed by atoms with E-state index in [4.69, 9.17) is 4.42 Å². The van der Waals surface area contributed by atoms with E-state index in [1.165, 1.54) is 0 Å². The van der Waals surface area contributed by atoms with Crippen LogP contribution < -0.4 is 5.46 Å². The van der Waals surface area contributed by atoms with Crippen molar-refractivity contribution in [3.63, 3.8) is 0 Å². The molecule has 2 N–H and O–H groups in total. The summed E-state index contributed by atoms with van der Waals surface area (Å²) in [6.07, 6.45) is 0. The van der Waals surface area contributed by atoms with Gasteiger partial charge in [0.2, 0.25) is 0 Å². The van der Waals surface area contributed by atoms with Crippen LogP contribution in [0, 0.1) is 0 Å². The average Bonchev–Trinajstić information content (AvgIpc) is 3.16. The molecule has 1 aromatic heterocycles. The summed E-state index contributed by atoms with van der Waals surface area (Å²) in [5.74, 6) is 0. The minimum absolute atomic E-state index is 0.536. The van der Waals surface area contributed by atoms with E-state index in [1.54, 1.807) is 0 Å². The van der Waals surface area contributed by atoms with Gasteiger partial charge in [0, 0.05) is 10.8 Å². The predicted octanol–water partition coefficient (Wildman–Crippen LogP) is 5.24. The van der Waals surface area contributed by atoms with Gasteiger partial charge in [-0.1, -0.05) is 78.9 Å². The molecule has 0 aliphatic rings. The van der Waals surface area contributed by atoms with Gasteiger partial charge in [0.15, 0.2) is 0 Å². The summed E-state index contributed by atoms with van der Waals surface area (Å²) in [6.45, 7) is 0. The summed E-state index contributed by atoms with van der Waals surface area (Å²) in [5, 5.41) is 26.2. The van der Waals surface area contributed by atoms with E-state index < -0.39 is 7.12 Å². The summed E-state index contributed by atoms with van der Waals surface area (Å²) in [5.41, 5.74) is 4.38. The van der Waals surface area contributed by atoms with Crippen molar-refractivity contribution in [1.82, 2.24) is 0 Å². The van der Waals surface area contributed by atoms with Gasteiger partial charge in [0.1, 0.15) is 11.2 Å². The van der Waals surface area contributed by atoms with E-state index in [0.29, 0.717) is 5.46 Å². The van der Waals surface area contributed by atoms with Crippen molar-refractivity contribution in [3.8, 4) is 11.1 Å². The molecule has 1 heterocycles. The second-order valence-corrected chi connectivity index (χ2v) is 7.53. The summed E-state index contributed by atoms with van der Waals surface area (Å²) in [7, 11) is -1.56. The zero-order valence-corrected chi connectivity index (χ0v) is 16.0. The Morgan fingerprint density at radius 3 is 1.70 bits per heavy atom. The first kappa shape index (κ1) is 17.3. The van der Waals surface area contributed by atoms with Gasteiger partial charge in [-0.2, -0.15) is 0 Å². The topological polar surface area (TPSA) is 53.6 Å². The maximum Gasteiger partial charge on any atom is 0.489 e. The van der Waals surface area contributed by atoms with Crippen LogP contribution in [0.2, 0.25) is 0 Å². The lowest BCUT2D eigenvalue weighted by Gasteiger charge is -2.17. The highest BCUT2D eigenvalue weighted by atomic mass is 16.4. The van der Waals surface area contributed by atoms with Crippen LogP contribution in [-0.2, 0) is 0 Å². The summed E-state index contributed by atoms with van der Waals surface area (Å²) >= 11 is 0. The summed E-state index contributed by atoms with van der Waals surface area (Å²) < 4.78 is 6.12. The van der Waals surface area contributed by atoms with Crippen LogP contribution in [0.15, 0.2) is 95.4 Å². The molecule has 0 atom stereocenters. The highest BCUT2D eigenvalue weighted by Crippen LogP contribution is 2.42. The third-order valence-corrected chi connectivity index (χ3v) is 5.90. The van der Waals surface area contributed by atoms with Crippen molar-refractivity contribution < 1.29 is 14.5 Å². The fourth-order valence-corrected chi connectivity index (χ4v) is 4.71. The Hall–Kier alpha value is -3.60. The minimum Gasteiger partial charge on any atom is -0.456 e. The molecule has 0 fully saturated rings. The van der Waals surface area contributed by atoms with Crippen LogP contribution in [-0.4, -0.2) is 17.2 Å². The number of benzene rings is 5. The SMILES string of the molecule is OB(O)c1c2ccccc2c(-c2cccc3oc4ccccc4c23)c2ccccc12. The maximum absolute atomic E-state index is 10.2. The van der Waals surface area contributed by atoms with Crippen LogP contribution in [0.5, 0.6) is 0 Å². The molecule has 6 aromatic rings. The van der Waals surface area contributed by atoms with Gasteiger partial charge in [-0.3, -0.25) is 0 Å². The van der Waals surface area contributed by atoms with E-state index in [9.17, 15) is 10.0 Å². The fraction of sp³-hybridized carbons (Fsp3) is 0. The molecule has 0 spiro atoms. The number of furan rings is 1. The number of hydrogen-bond donors (Lipinski definition) is 2.